The molecule has 2 aromatic heterocycles. The standard InChI is InChI=1S/C31H30N6O3/c1-36-13-12-32-29(36)31(39)34-24-5-2-21(3-6-24)18-22-4-11-28-26(19-22)27(30(38)35-28)20-33-23-7-9-25(10-8-23)37-14-16-40-17-15-37/h2-13,19-20,35,38H,14-18H2,1H3,(H,34,39). The number of carbonyl (C=O) groups is 1. The van der Waals surface area contributed by atoms with Crippen LogP contribution in [0.5, 0.6) is 5.88 Å². The van der Waals surface area contributed by atoms with Gasteiger partial charge in [0.15, 0.2) is 11.7 Å². The van der Waals surface area contributed by atoms with Crippen LogP contribution in [0.3, 0.4) is 0 Å². The number of aromatic nitrogens is 3. The summed E-state index contributed by atoms with van der Waals surface area (Å²) in [6, 6.07) is 22.0. The summed E-state index contributed by atoms with van der Waals surface area (Å²) in [4.78, 5) is 26.5. The van der Waals surface area contributed by atoms with Gasteiger partial charge in [0.25, 0.3) is 5.91 Å². The van der Waals surface area contributed by atoms with Crippen molar-refractivity contribution in [3.05, 3.63) is 102 Å². The van der Waals surface area contributed by atoms with Crippen LogP contribution in [-0.4, -0.2) is 58.1 Å². The van der Waals surface area contributed by atoms with Crippen LogP contribution in [0.15, 0.2) is 84.1 Å². The molecule has 3 heterocycles. The minimum Gasteiger partial charge on any atom is -0.494 e. The van der Waals surface area contributed by atoms with Crippen molar-refractivity contribution in [1.29, 1.82) is 0 Å². The third-order valence-electron chi connectivity index (χ3n) is 7.10. The summed E-state index contributed by atoms with van der Waals surface area (Å²) < 4.78 is 7.12. The van der Waals surface area contributed by atoms with E-state index in [2.05, 4.69) is 43.4 Å². The molecule has 9 heteroatoms. The molecule has 0 spiro atoms. The number of rotatable bonds is 7. The normalized spacial score (nSPS) is 13.8. The second-order valence-corrected chi connectivity index (χ2v) is 9.83. The molecule has 0 unspecified atom stereocenters. The molecule has 1 amide bonds. The molecule has 1 aliphatic heterocycles. The Hall–Kier alpha value is -4.89. The van der Waals surface area contributed by atoms with Crippen molar-refractivity contribution in [3.63, 3.8) is 0 Å². The summed E-state index contributed by atoms with van der Waals surface area (Å²) in [6.07, 6.45) is 5.75. The zero-order valence-corrected chi connectivity index (χ0v) is 22.2. The number of aromatic amines is 1. The topological polar surface area (TPSA) is 108 Å². The SMILES string of the molecule is Cn1ccnc1C(=O)Nc1ccc(Cc2ccc3[nH]c(O)c(C=Nc4ccc(N5CCOCC5)cc4)c3c2)cc1. The number of nitrogens with one attached hydrogen (secondary N) is 2. The molecular formula is C31H30N6O3. The van der Waals surface area contributed by atoms with Gasteiger partial charge in [0.2, 0.25) is 0 Å². The first-order valence-electron chi connectivity index (χ1n) is 13.2. The number of amides is 1. The van der Waals surface area contributed by atoms with Crippen molar-refractivity contribution in [2.24, 2.45) is 12.0 Å². The summed E-state index contributed by atoms with van der Waals surface area (Å²) in [7, 11) is 1.78. The van der Waals surface area contributed by atoms with Gasteiger partial charge >= 0.3 is 0 Å². The number of anilines is 2. The van der Waals surface area contributed by atoms with E-state index in [9.17, 15) is 9.90 Å². The second-order valence-electron chi connectivity index (χ2n) is 9.83. The molecule has 0 atom stereocenters. The smallest absolute Gasteiger partial charge is 0.291 e. The molecule has 3 N–H and O–H groups in total. The molecule has 3 aromatic carbocycles. The van der Waals surface area contributed by atoms with Crippen molar-refractivity contribution in [3.8, 4) is 5.88 Å². The first-order chi connectivity index (χ1) is 19.5. The van der Waals surface area contributed by atoms with E-state index >= 15 is 0 Å². The third-order valence-corrected chi connectivity index (χ3v) is 7.10. The fourth-order valence-corrected chi connectivity index (χ4v) is 4.91. The van der Waals surface area contributed by atoms with Crippen LogP contribution in [0.4, 0.5) is 17.1 Å². The number of aryl methyl sites for hydroxylation is 1. The van der Waals surface area contributed by atoms with Crippen molar-refractivity contribution in [1.82, 2.24) is 14.5 Å². The number of hydrogen-bond donors (Lipinski definition) is 3. The third kappa shape index (κ3) is 5.45. The molecule has 1 saturated heterocycles. The van der Waals surface area contributed by atoms with E-state index < -0.39 is 0 Å². The number of ether oxygens (including phenoxy) is 1. The van der Waals surface area contributed by atoms with Crippen LogP contribution in [0.1, 0.15) is 27.3 Å². The first-order valence-corrected chi connectivity index (χ1v) is 13.2. The van der Waals surface area contributed by atoms with Gasteiger partial charge in [0, 0.05) is 61.0 Å². The quantitative estimate of drug-likeness (QED) is 0.254. The van der Waals surface area contributed by atoms with Crippen molar-refractivity contribution < 1.29 is 14.6 Å². The number of aliphatic imine (C=N–C) groups is 1. The van der Waals surface area contributed by atoms with Gasteiger partial charge in [-0.3, -0.25) is 9.79 Å². The monoisotopic (exact) mass is 534 g/mol. The van der Waals surface area contributed by atoms with Crippen molar-refractivity contribution in [2.45, 2.75) is 6.42 Å². The van der Waals surface area contributed by atoms with Crippen LogP contribution in [0.2, 0.25) is 0 Å². The Morgan fingerprint density at radius 3 is 2.55 bits per heavy atom. The molecule has 40 heavy (non-hydrogen) atoms. The summed E-state index contributed by atoms with van der Waals surface area (Å²) in [5.74, 6) is 0.199. The minimum absolute atomic E-state index is 0.0913. The van der Waals surface area contributed by atoms with E-state index in [1.165, 1.54) is 0 Å². The van der Waals surface area contributed by atoms with Crippen LogP contribution in [0, 0.1) is 0 Å². The lowest BCUT2D eigenvalue weighted by atomic mass is 10.0. The van der Waals surface area contributed by atoms with E-state index in [4.69, 9.17) is 4.74 Å². The van der Waals surface area contributed by atoms with Crippen molar-refractivity contribution >= 4 is 40.1 Å². The fourth-order valence-electron chi connectivity index (χ4n) is 4.91. The summed E-state index contributed by atoms with van der Waals surface area (Å²) >= 11 is 0. The summed E-state index contributed by atoms with van der Waals surface area (Å²) in [6.45, 7) is 3.28. The summed E-state index contributed by atoms with van der Waals surface area (Å²) in [5.41, 5.74) is 6.38. The van der Waals surface area contributed by atoms with E-state index in [1.54, 1.807) is 30.2 Å². The van der Waals surface area contributed by atoms with E-state index in [-0.39, 0.29) is 11.8 Å². The first kappa shape index (κ1) is 25.4. The Kier molecular flexibility index (Phi) is 7.03. The fraction of sp³-hybridized carbons (Fsp3) is 0.194. The lowest BCUT2D eigenvalue weighted by Gasteiger charge is -2.28. The maximum atomic E-state index is 12.4. The number of H-pyrrole nitrogens is 1. The van der Waals surface area contributed by atoms with Gasteiger partial charge in [-0.05, 0) is 66.1 Å². The van der Waals surface area contributed by atoms with Gasteiger partial charge in [-0.2, -0.15) is 0 Å². The predicted octanol–water partition coefficient (Wildman–Crippen LogP) is 5.04. The van der Waals surface area contributed by atoms with Gasteiger partial charge in [0.05, 0.1) is 24.5 Å². The number of benzene rings is 3. The molecule has 0 bridgehead atoms. The molecule has 202 valence electrons. The van der Waals surface area contributed by atoms with Gasteiger partial charge in [-0.1, -0.05) is 18.2 Å². The van der Waals surface area contributed by atoms with Crippen LogP contribution in [0.25, 0.3) is 10.9 Å². The highest BCUT2D eigenvalue weighted by atomic mass is 16.5. The molecule has 5 aromatic rings. The van der Waals surface area contributed by atoms with Gasteiger partial charge in [-0.25, -0.2) is 4.98 Å². The van der Waals surface area contributed by atoms with Gasteiger partial charge in [-0.15, -0.1) is 0 Å². The maximum Gasteiger partial charge on any atom is 0.291 e. The number of carbonyl (C=O) groups excluding carboxylic acids is 1. The molecule has 0 aliphatic carbocycles. The average Bonchev–Trinajstić information content (AvgIpc) is 3.55. The minimum atomic E-state index is -0.250. The van der Waals surface area contributed by atoms with Crippen LogP contribution in [-0.2, 0) is 18.2 Å². The number of morpholine rings is 1. The molecule has 0 saturated carbocycles. The largest absolute Gasteiger partial charge is 0.494 e. The Balaban J connectivity index is 1.15. The van der Waals surface area contributed by atoms with Gasteiger partial charge in [0.1, 0.15) is 0 Å². The van der Waals surface area contributed by atoms with E-state index in [0.29, 0.717) is 23.5 Å². The number of fused-ring (bicyclic) bond motifs is 1. The lowest BCUT2D eigenvalue weighted by molar-refractivity contribution is 0.101. The summed E-state index contributed by atoms with van der Waals surface area (Å²) in [5, 5.41) is 14.4. The molecule has 0 radical (unpaired) electrons. The zero-order chi connectivity index (χ0) is 27.5. The maximum absolute atomic E-state index is 12.4. The highest BCUT2D eigenvalue weighted by Crippen LogP contribution is 2.29. The predicted molar refractivity (Wildman–Crippen MR) is 157 cm³/mol. The number of imidazole rings is 1. The molecule has 9 nitrogen and oxygen atoms in total. The number of aromatic hydroxyl groups is 1. The van der Waals surface area contributed by atoms with Crippen LogP contribution < -0.4 is 10.2 Å². The molecule has 1 aliphatic rings. The van der Waals surface area contributed by atoms with Crippen molar-refractivity contribution in [2.75, 3.05) is 36.5 Å². The highest BCUT2D eigenvalue weighted by molar-refractivity contribution is 6.03. The zero-order valence-electron chi connectivity index (χ0n) is 22.2. The Morgan fingerprint density at radius 1 is 1.07 bits per heavy atom. The van der Waals surface area contributed by atoms with E-state index in [1.807, 2.05) is 48.5 Å². The van der Waals surface area contributed by atoms with E-state index in [0.717, 1.165) is 59.7 Å². The lowest BCUT2D eigenvalue weighted by Crippen LogP contribution is -2.36. The average molecular weight is 535 g/mol. The molecule has 6 rings (SSSR count). The van der Waals surface area contributed by atoms with Gasteiger partial charge < -0.3 is 29.6 Å². The Labute approximate surface area is 231 Å². The molecular weight excluding hydrogens is 504 g/mol. The number of nitrogens with zero attached hydrogens (tertiary/aromatic N) is 4. The highest BCUT2D eigenvalue weighted by Gasteiger charge is 2.13. The Bertz CT molecular complexity index is 1660. The van der Waals surface area contributed by atoms with Crippen LogP contribution >= 0.6 is 0 Å². The number of hydrogen-bond acceptors (Lipinski definition) is 6. The Morgan fingerprint density at radius 2 is 1.82 bits per heavy atom. The molecule has 1 fully saturated rings. The second kappa shape index (κ2) is 11.1.